The molecule has 0 radical (unpaired) electrons. The van der Waals surface area contributed by atoms with Crippen molar-refractivity contribution in [2.45, 2.75) is 44.2 Å². The number of rotatable bonds is 6. The molecule has 1 aromatic carbocycles. The Morgan fingerprint density at radius 2 is 2.14 bits per heavy atom. The number of aromatic nitrogens is 3. The molecule has 7 nitrogen and oxygen atoms in total. The molecule has 1 atom stereocenters. The van der Waals surface area contributed by atoms with E-state index in [2.05, 4.69) is 5.10 Å². The summed E-state index contributed by atoms with van der Waals surface area (Å²) in [4.78, 5) is 27.6. The fourth-order valence-corrected chi connectivity index (χ4v) is 4.08. The van der Waals surface area contributed by atoms with Crippen LogP contribution in [0, 0.1) is 0 Å². The molecule has 4 rings (SSSR count). The number of hydrogen-bond acceptors (Lipinski definition) is 4. The van der Waals surface area contributed by atoms with Gasteiger partial charge in [-0.25, -0.2) is 9.48 Å². The highest BCUT2D eigenvalue weighted by molar-refractivity contribution is 6.30. The highest BCUT2D eigenvalue weighted by Crippen LogP contribution is 2.37. The van der Waals surface area contributed by atoms with Gasteiger partial charge in [0, 0.05) is 42.7 Å². The van der Waals surface area contributed by atoms with Gasteiger partial charge in [-0.2, -0.15) is 5.10 Å². The summed E-state index contributed by atoms with van der Waals surface area (Å²) >= 11 is 6.05. The standard InChI is InChI=1S/C20H25ClN4O3/c1-28-11-10-24-20(27)25(17-7-8-17)18(22-24)15-5-3-9-23(13-15)19(26)14-4-2-6-16(21)12-14/h2,4,6,12,15,17H,3,5,7-11,13H2,1H3. The van der Waals surface area contributed by atoms with Gasteiger partial charge in [0.2, 0.25) is 0 Å². The first-order valence-electron chi connectivity index (χ1n) is 9.81. The van der Waals surface area contributed by atoms with Crippen LogP contribution < -0.4 is 5.69 Å². The number of halogens is 1. The second-order valence-corrected chi connectivity index (χ2v) is 7.99. The summed E-state index contributed by atoms with van der Waals surface area (Å²) in [6, 6.07) is 7.29. The molecule has 2 aliphatic rings. The van der Waals surface area contributed by atoms with Crippen LogP contribution in [0.3, 0.4) is 0 Å². The fourth-order valence-electron chi connectivity index (χ4n) is 3.89. The minimum atomic E-state index is -0.0622. The van der Waals surface area contributed by atoms with Crippen molar-refractivity contribution in [1.29, 1.82) is 0 Å². The van der Waals surface area contributed by atoms with E-state index in [0.29, 0.717) is 36.8 Å². The maximum atomic E-state index is 12.9. The molecule has 1 aromatic heterocycles. The Balaban J connectivity index is 1.58. The van der Waals surface area contributed by atoms with Crippen LogP contribution in [0.15, 0.2) is 29.1 Å². The minimum Gasteiger partial charge on any atom is -0.383 e. The lowest BCUT2D eigenvalue weighted by molar-refractivity contribution is 0.0703. The van der Waals surface area contributed by atoms with Gasteiger partial charge in [0.25, 0.3) is 5.91 Å². The number of piperidine rings is 1. The molecular formula is C20H25ClN4O3. The minimum absolute atomic E-state index is 0.0219. The Bertz CT molecular complexity index is 918. The van der Waals surface area contributed by atoms with Gasteiger partial charge in [-0.15, -0.1) is 0 Å². The first-order valence-corrected chi connectivity index (χ1v) is 10.2. The normalized spacial score (nSPS) is 19.8. The van der Waals surface area contributed by atoms with E-state index in [1.54, 1.807) is 31.4 Å². The van der Waals surface area contributed by atoms with Gasteiger partial charge in [-0.3, -0.25) is 9.36 Å². The molecular weight excluding hydrogens is 380 g/mol. The summed E-state index contributed by atoms with van der Waals surface area (Å²) < 4.78 is 8.47. The maximum Gasteiger partial charge on any atom is 0.346 e. The number of hydrogen-bond donors (Lipinski definition) is 0. The topological polar surface area (TPSA) is 69.4 Å². The Morgan fingerprint density at radius 3 is 2.86 bits per heavy atom. The molecule has 1 unspecified atom stereocenters. The van der Waals surface area contributed by atoms with E-state index in [9.17, 15) is 9.59 Å². The fraction of sp³-hybridized carbons (Fsp3) is 0.550. The summed E-state index contributed by atoms with van der Waals surface area (Å²) in [7, 11) is 1.62. The lowest BCUT2D eigenvalue weighted by atomic mass is 9.96. The molecule has 0 N–H and O–H groups in total. The van der Waals surface area contributed by atoms with E-state index in [1.807, 2.05) is 9.47 Å². The van der Waals surface area contributed by atoms with Gasteiger partial charge in [-0.1, -0.05) is 17.7 Å². The summed E-state index contributed by atoms with van der Waals surface area (Å²) in [5.41, 5.74) is 0.534. The Morgan fingerprint density at radius 1 is 1.32 bits per heavy atom. The number of nitrogens with zero attached hydrogens (tertiary/aromatic N) is 4. The van der Waals surface area contributed by atoms with Crippen LogP contribution in [0.25, 0.3) is 0 Å². The average Bonchev–Trinajstić information content (AvgIpc) is 3.49. The number of benzene rings is 1. The largest absolute Gasteiger partial charge is 0.383 e. The van der Waals surface area contributed by atoms with Crippen molar-refractivity contribution in [3.8, 4) is 0 Å². The number of carbonyl (C=O) groups excluding carboxylic acids is 1. The van der Waals surface area contributed by atoms with Gasteiger partial charge in [0.1, 0.15) is 5.82 Å². The van der Waals surface area contributed by atoms with E-state index < -0.39 is 0 Å². The third-order valence-electron chi connectivity index (χ3n) is 5.46. The molecule has 0 bridgehead atoms. The van der Waals surface area contributed by atoms with Crippen LogP contribution in [-0.2, 0) is 11.3 Å². The highest BCUT2D eigenvalue weighted by Gasteiger charge is 2.35. The van der Waals surface area contributed by atoms with Gasteiger partial charge in [0.05, 0.1) is 13.2 Å². The smallest absolute Gasteiger partial charge is 0.346 e. The zero-order valence-corrected chi connectivity index (χ0v) is 16.8. The second-order valence-electron chi connectivity index (χ2n) is 7.56. The molecule has 2 heterocycles. The van der Waals surface area contributed by atoms with Crippen LogP contribution in [0.5, 0.6) is 0 Å². The van der Waals surface area contributed by atoms with Crippen LogP contribution in [0.1, 0.15) is 53.8 Å². The van der Waals surface area contributed by atoms with Crippen molar-refractivity contribution in [3.05, 3.63) is 51.2 Å². The second kappa shape index (κ2) is 8.09. The molecule has 150 valence electrons. The van der Waals surface area contributed by atoms with Crippen molar-refractivity contribution in [1.82, 2.24) is 19.2 Å². The third kappa shape index (κ3) is 3.86. The van der Waals surface area contributed by atoms with E-state index in [-0.39, 0.29) is 23.6 Å². The van der Waals surface area contributed by atoms with Crippen LogP contribution in [0.2, 0.25) is 5.02 Å². The van der Waals surface area contributed by atoms with Crippen molar-refractivity contribution in [2.75, 3.05) is 26.8 Å². The van der Waals surface area contributed by atoms with Crippen molar-refractivity contribution < 1.29 is 9.53 Å². The van der Waals surface area contributed by atoms with Crippen LogP contribution in [0.4, 0.5) is 0 Å². The summed E-state index contributed by atoms with van der Waals surface area (Å²) in [6.07, 6.45) is 3.84. The summed E-state index contributed by atoms with van der Waals surface area (Å²) in [6.45, 7) is 2.17. The van der Waals surface area contributed by atoms with Crippen LogP contribution in [-0.4, -0.2) is 52.0 Å². The Hall–Kier alpha value is -2.12. The van der Waals surface area contributed by atoms with Gasteiger partial charge in [0.15, 0.2) is 0 Å². The van der Waals surface area contributed by atoms with E-state index >= 15 is 0 Å². The van der Waals surface area contributed by atoms with Gasteiger partial charge < -0.3 is 9.64 Å². The molecule has 2 aromatic rings. The van der Waals surface area contributed by atoms with Crippen molar-refractivity contribution in [2.24, 2.45) is 0 Å². The SMILES string of the molecule is COCCn1nc(C2CCCN(C(=O)c3cccc(Cl)c3)C2)n(C2CC2)c1=O. The van der Waals surface area contributed by atoms with E-state index in [0.717, 1.165) is 31.5 Å². The van der Waals surface area contributed by atoms with Crippen molar-refractivity contribution in [3.63, 3.8) is 0 Å². The maximum absolute atomic E-state index is 12.9. The number of amides is 1. The molecule has 1 aliphatic heterocycles. The molecule has 28 heavy (non-hydrogen) atoms. The lowest BCUT2D eigenvalue weighted by Crippen LogP contribution is -2.40. The average molecular weight is 405 g/mol. The first kappa shape index (κ1) is 19.2. The molecule has 1 aliphatic carbocycles. The van der Waals surface area contributed by atoms with E-state index in [1.165, 1.54) is 4.68 Å². The molecule has 1 amide bonds. The highest BCUT2D eigenvalue weighted by atomic mass is 35.5. The number of methoxy groups -OCH3 is 1. The monoisotopic (exact) mass is 404 g/mol. The molecule has 0 spiro atoms. The molecule has 2 fully saturated rings. The Kier molecular flexibility index (Phi) is 5.55. The number of likely N-dealkylation sites (tertiary alicyclic amines) is 1. The zero-order valence-electron chi connectivity index (χ0n) is 16.0. The quantitative estimate of drug-likeness (QED) is 0.742. The molecule has 1 saturated heterocycles. The predicted octanol–water partition coefficient (Wildman–Crippen LogP) is 2.70. The predicted molar refractivity (Wildman–Crippen MR) is 106 cm³/mol. The summed E-state index contributed by atoms with van der Waals surface area (Å²) in [5.74, 6) is 0.854. The first-order chi connectivity index (χ1) is 13.6. The number of carbonyl (C=O) groups is 1. The van der Waals surface area contributed by atoms with Crippen LogP contribution >= 0.6 is 11.6 Å². The molecule has 8 heteroatoms. The lowest BCUT2D eigenvalue weighted by Gasteiger charge is -2.32. The van der Waals surface area contributed by atoms with Gasteiger partial charge in [-0.05, 0) is 43.9 Å². The van der Waals surface area contributed by atoms with Crippen molar-refractivity contribution >= 4 is 17.5 Å². The van der Waals surface area contributed by atoms with E-state index in [4.69, 9.17) is 16.3 Å². The number of ether oxygens (including phenoxy) is 1. The van der Waals surface area contributed by atoms with Gasteiger partial charge >= 0.3 is 5.69 Å². The zero-order chi connectivity index (χ0) is 19.7. The summed E-state index contributed by atoms with van der Waals surface area (Å²) in [5, 5.41) is 5.20. The molecule has 1 saturated carbocycles. The third-order valence-corrected chi connectivity index (χ3v) is 5.70. The Labute approximate surface area is 168 Å².